The number of rotatable bonds is 3. The molecular formula is C9H13N3O4. The predicted molar refractivity (Wildman–Crippen MR) is 57.6 cm³/mol. The van der Waals surface area contributed by atoms with Crippen LogP contribution in [0.5, 0.6) is 0 Å². The van der Waals surface area contributed by atoms with Crippen molar-refractivity contribution in [1.29, 1.82) is 0 Å². The van der Waals surface area contributed by atoms with E-state index in [-0.39, 0.29) is 12.2 Å². The van der Waals surface area contributed by atoms with Crippen LogP contribution in [0.1, 0.15) is 19.0 Å². The number of aromatic nitrogens is 2. The van der Waals surface area contributed by atoms with E-state index in [0.29, 0.717) is 6.42 Å². The smallest absolute Gasteiger partial charge is 0.294 e. The molecule has 1 rings (SSSR count). The maximum Gasteiger partial charge on any atom is 0.353 e. The first-order valence-corrected chi connectivity index (χ1v) is 4.86. The second-order valence-electron chi connectivity index (χ2n) is 3.49. The minimum atomic E-state index is -0.826. The number of nitrogens with zero attached hydrogens (tertiary/aromatic N) is 3. The molecule has 0 fully saturated rings. The van der Waals surface area contributed by atoms with Gasteiger partial charge in [0, 0.05) is 13.6 Å². The quantitative estimate of drug-likeness (QED) is 0.544. The van der Waals surface area contributed by atoms with Crippen LogP contribution < -0.4 is 11.2 Å². The molecule has 1 aromatic heterocycles. The largest absolute Gasteiger partial charge is 0.353 e. The van der Waals surface area contributed by atoms with Gasteiger partial charge in [-0.2, -0.15) is 0 Å². The van der Waals surface area contributed by atoms with Gasteiger partial charge in [0.25, 0.3) is 0 Å². The fraction of sp³-hybridized carbons (Fsp3) is 0.556. The van der Waals surface area contributed by atoms with Crippen LogP contribution in [0.2, 0.25) is 0 Å². The molecule has 0 bridgehead atoms. The molecule has 0 amide bonds. The van der Waals surface area contributed by atoms with E-state index in [1.165, 1.54) is 14.0 Å². The summed E-state index contributed by atoms with van der Waals surface area (Å²) in [5.74, 6) is 0. The Kier molecular flexibility index (Phi) is 3.26. The first kappa shape index (κ1) is 12.2. The highest BCUT2D eigenvalue weighted by molar-refractivity contribution is 5.31. The lowest BCUT2D eigenvalue weighted by Crippen LogP contribution is -2.41. The van der Waals surface area contributed by atoms with E-state index in [9.17, 15) is 19.7 Å². The summed E-state index contributed by atoms with van der Waals surface area (Å²) < 4.78 is 2.01. The van der Waals surface area contributed by atoms with Gasteiger partial charge in [-0.05, 0) is 13.3 Å². The molecule has 16 heavy (non-hydrogen) atoms. The minimum absolute atomic E-state index is 0.0763. The maximum absolute atomic E-state index is 11.7. The molecule has 0 aliphatic heterocycles. The predicted octanol–water partition coefficient (Wildman–Crippen LogP) is 0.174. The van der Waals surface area contributed by atoms with Gasteiger partial charge in [0.2, 0.25) is 0 Å². The van der Waals surface area contributed by atoms with Crippen molar-refractivity contribution in [2.24, 2.45) is 7.05 Å². The third-order valence-electron chi connectivity index (χ3n) is 2.44. The Hall–Kier alpha value is -1.92. The van der Waals surface area contributed by atoms with Crippen molar-refractivity contribution in [2.45, 2.75) is 26.8 Å². The zero-order valence-corrected chi connectivity index (χ0v) is 9.39. The average Bonchev–Trinajstić information content (AvgIpc) is 2.21. The highest BCUT2D eigenvalue weighted by Gasteiger charge is 2.22. The molecule has 0 saturated heterocycles. The summed E-state index contributed by atoms with van der Waals surface area (Å²) in [6.07, 6.45) is 0.565. The van der Waals surface area contributed by atoms with Crippen molar-refractivity contribution < 1.29 is 4.92 Å². The Labute approximate surface area is 91.1 Å². The van der Waals surface area contributed by atoms with Crippen LogP contribution in [0.25, 0.3) is 0 Å². The monoisotopic (exact) mass is 227 g/mol. The lowest BCUT2D eigenvalue weighted by Gasteiger charge is -2.08. The first-order valence-electron chi connectivity index (χ1n) is 4.86. The Balaban J connectivity index is 3.73. The molecular weight excluding hydrogens is 214 g/mol. The van der Waals surface area contributed by atoms with Crippen molar-refractivity contribution in [1.82, 2.24) is 9.13 Å². The van der Waals surface area contributed by atoms with Crippen molar-refractivity contribution >= 4 is 5.69 Å². The summed E-state index contributed by atoms with van der Waals surface area (Å²) in [6, 6.07) is 0. The van der Waals surface area contributed by atoms with Crippen LogP contribution in [-0.4, -0.2) is 14.1 Å². The van der Waals surface area contributed by atoms with E-state index >= 15 is 0 Å². The average molecular weight is 227 g/mol. The first-order chi connectivity index (χ1) is 7.41. The SMILES string of the molecule is CCCn1c(=O)c([N+](=O)[O-])c(C)n(C)c1=O. The molecule has 88 valence electrons. The normalized spacial score (nSPS) is 10.4. The Morgan fingerprint density at radius 1 is 1.38 bits per heavy atom. The molecule has 0 unspecified atom stereocenters. The van der Waals surface area contributed by atoms with E-state index in [0.717, 1.165) is 9.13 Å². The van der Waals surface area contributed by atoms with Crippen molar-refractivity contribution in [3.63, 3.8) is 0 Å². The summed E-state index contributed by atoms with van der Waals surface area (Å²) in [5.41, 5.74) is -1.80. The molecule has 7 nitrogen and oxygen atoms in total. The molecule has 0 saturated carbocycles. The van der Waals surface area contributed by atoms with Crippen LogP contribution in [0, 0.1) is 17.0 Å². The van der Waals surface area contributed by atoms with Crippen molar-refractivity contribution in [3.05, 3.63) is 36.6 Å². The van der Waals surface area contributed by atoms with Crippen LogP contribution >= 0.6 is 0 Å². The van der Waals surface area contributed by atoms with Crippen LogP contribution in [-0.2, 0) is 13.6 Å². The highest BCUT2D eigenvalue weighted by Crippen LogP contribution is 2.08. The molecule has 1 aromatic rings. The van der Waals surface area contributed by atoms with Crippen LogP contribution in [0.15, 0.2) is 9.59 Å². The lowest BCUT2D eigenvalue weighted by atomic mass is 10.3. The Morgan fingerprint density at radius 3 is 2.38 bits per heavy atom. The second kappa shape index (κ2) is 4.30. The van der Waals surface area contributed by atoms with Crippen LogP contribution in [0.3, 0.4) is 0 Å². The second-order valence-corrected chi connectivity index (χ2v) is 3.49. The van der Waals surface area contributed by atoms with Gasteiger partial charge < -0.3 is 0 Å². The van der Waals surface area contributed by atoms with Crippen LogP contribution in [0.4, 0.5) is 5.69 Å². The van der Waals surface area contributed by atoms with Gasteiger partial charge in [0.15, 0.2) is 0 Å². The number of nitro groups is 1. The van der Waals surface area contributed by atoms with Crippen molar-refractivity contribution in [2.75, 3.05) is 0 Å². The molecule has 0 aliphatic rings. The Morgan fingerprint density at radius 2 is 1.94 bits per heavy atom. The fourth-order valence-electron chi connectivity index (χ4n) is 1.48. The van der Waals surface area contributed by atoms with E-state index in [1.54, 1.807) is 6.92 Å². The molecule has 0 aliphatic carbocycles. The lowest BCUT2D eigenvalue weighted by molar-refractivity contribution is -0.387. The van der Waals surface area contributed by atoms with E-state index < -0.39 is 21.9 Å². The van der Waals surface area contributed by atoms with E-state index in [4.69, 9.17) is 0 Å². The van der Waals surface area contributed by atoms with E-state index in [1.807, 2.05) is 0 Å². The molecule has 0 atom stereocenters. The summed E-state index contributed by atoms with van der Waals surface area (Å²) in [7, 11) is 1.41. The number of hydrogen-bond acceptors (Lipinski definition) is 4. The van der Waals surface area contributed by atoms with Gasteiger partial charge >= 0.3 is 16.9 Å². The van der Waals surface area contributed by atoms with E-state index in [2.05, 4.69) is 0 Å². The molecule has 0 radical (unpaired) electrons. The number of hydrogen-bond donors (Lipinski definition) is 0. The van der Waals surface area contributed by atoms with Gasteiger partial charge in [-0.25, -0.2) is 4.79 Å². The molecule has 0 N–H and O–H groups in total. The maximum atomic E-state index is 11.7. The van der Waals surface area contributed by atoms with Gasteiger partial charge in [0.1, 0.15) is 5.69 Å². The van der Waals surface area contributed by atoms with Gasteiger partial charge in [0.05, 0.1) is 4.92 Å². The molecule has 0 aromatic carbocycles. The summed E-state index contributed by atoms with van der Waals surface area (Å²) in [4.78, 5) is 33.4. The zero-order valence-electron chi connectivity index (χ0n) is 9.39. The third-order valence-corrected chi connectivity index (χ3v) is 2.44. The molecule has 1 heterocycles. The third kappa shape index (κ3) is 1.75. The van der Waals surface area contributed by atoms with Crippen molar-refractivity contribution in [3.8, 4) is 0 Å². The standard InChI is InChI=1S/C9H13N3O4/c1-4-5-11-8(13)7(12(15)16)6(2)10(3)9(11)14/h4-5H2,1-3H3. The Bertz CT molecular complexity index is 541. The van der Waals surface area contributed by atoms with Gasteiger partial charge in [-0.3, -0.25) is 24.0 Å². The summed E-state index contributed by atoms with van der Waals surface area (Å²) >= 11 is 0. The molecule has 0 spiro atoms. The summed E-state index contributed by atoms with van der Waals surface area (Å²) in [5, 5.41) is 10.7. The molecule has 7 heteroatoms. The minimum Gasteiger partial charge on any atom is -0.294 e. The topological polar surface area (TPSA) is 87.1 Å². The fourth-order valence-corrected chi connectivity index (χ4v) is 1.48. The van der Waals surface area contributed by atoms with Gasteiger partial charge in [-0.1, -0.05) is 6.92 Å². The summed E-state index contributed by atoms with van der Waals surface area (Å²) in [6.45, 7) is 3.36. The zero-order chi connectivity index (χ0) is 12.5. The highest BCUT2D eigenvalue weighted by atomic mass is 16.6. The van der Waals surface area contributed by atoms with Gasteiger partial charge in [-0.15, -0.1) is 0 Å².